The third-order valence-corrected chi connectivity index (χ3v) is 2.57. The van der Waals surface area contributed by atoms with Crippen molar-refractivity contribution in [2.24, 2.45) is 5.92 Å². The molecule has 3 nitrogen and oxygen atoms in total. The van der Waals surface area contributed by atoms with Gasteiger partial charge >= 0.3 is 0 Å². The van der Waals surface area contributed by atoms with Gasteiger partial charge in [0.2, 0.25) is 0 Å². The van der Waals surface area contributed by atoms with Crippen LogP contribution in [-0.2, 0) is 6.54 Å². The Balaban J connectivity index is 2.87. The van der Waals surface area contributed by atoms with E-state index in [9.17, 15) is 0 Å². The summed E-state index contributed by atoms with van der Waals surface area (Å²) in [5.74, 6) is 2.09. The summed E-state index contributed by atoms with van der Waals surface area (Å²) in [6.45, 7) is 10.6. The summed E-state index contributed by atoms with van der Waals surface area (Å²) >= 11 is 0. The van der Waals surface area contributed by atoms with Crippen LogP contribution >= 0.6 is 0 Å². The van der Waals surface area contributed by atoms with Crippen LogP contribution < -0.4 is 10.6 Å². The van der Waals surface area contributed by atoms with Crippen molar-refractivity contribution in [3.63, 3.8) is 0 Å². The van der Waals surface area contributed by atoms with Crippen LogP contribution in [0.4, 0.5) is 5.82 Å². The van der Waals surface area contributed by atoms with Crippen molar-refractivity contribution in [3.05, 3.63) is 23.4 Å². The molecular formula is C14H25N3. The number of aromatic nitrogens is 1. The Morgan fingerprint density at radius 2 is 1.88 bits per heavy atom. The molecule has 0 spiro atoms. The van der Waals surface area contributed by atoms with E-state index < -0.39 is 0 Å². The molecule has 0 aliphatic heterocycles. The van der Waals surface area contributed by atoms with E-state index in [2.05, 4.69) is 55.4 Å². The summed E-state index contributed by atoms with van der Waals surface area (Å²) in [5.41, 5.74) is 2.45. The first-order chi connectivity index (χ1) is 8.02. The topological polar surface area (TPSA) is 37.0 Å². The Morgan fingerprint density at radius 1 is 1.18 bits per heavy atom. The zero-order chi connectivity index (χ0) is 12.8. The summed E-state index contributed by atoms with van der Waals surface area (Å²) in [5, 5.41) is 6.59. The van der Waals surface area contributed by atoms with Gasteiger partial charge in [0.15, 0.2) is 0 Å². The number of hydrogen-bond donors (Lipinski definition) is 2. The maximum Gasteiger partial charge on any atom is 0.126 e. The van der Waals surface area contributed by atoms with E-state index in [0.717, 1.165) is 24.6 Å². The lowest BCUT2D eigenvalue weighted by atomic mass is 10.1. The summed E-state index contributed by atoms with van der Waals surface area (Å²) in [6, 6.07) is 4.31. The predicted molar refractivity (Wildman–Crippen MR) is 74.4 cm³/mol. The lowest BCUT2D eigenvalue weighted by Crippen LogP contribution is -2.12. The standard InChI is InChI=1S/C14H25N3/c1-10(2)8-16-14-7-12(9-15-5)6-13(17-14)11(3)4/h6-7,10-11,15H,8-9H2,1-5H3,(H,16,17). The number of nitrogens with one attached hydrogen (secondary N) is 2. The molecule has 0 amide bonds. The van der Waals surface area contributed by atoms with E-state index in [4.69, 9.17) is 0 Å². The van der Waals surface area contributed by atoms with E-state index in [1.807, 2.05) is 7.05 Å². The molecule has 0 bridgehead atoms. The van der Waals surface area contributed by atoms with Gasteiger partial charge in [-0.1, -0.05) is 27.7 Å². The molecule has 96 valence electrons. The molecule has 0 aliphatic rings. The Kier molecular flexibility index (Phi) is 5.42. The van der Waals surface area contributed by atoms with Crippen LogP contribution in [0.3, 0.4) is 0 Å². The lowest BCUT2D eigenvalue weighted by Gasteiger charge is -2.13. The third-order valence-electron chi connectivity index (χ3n) is 2.57. The Hall–Kier alpha value is -1.09. The number of nitrogens with zero attached hydrogens (tertiary/aromatic N) is 1. The summed E-state index contributed by atoms with van der Waals surface area (Å²) in [4.78, 5) is 4.65. The number of hydrogen-bond acceptors (Lipinski definition) is 3. The van der Waals surface area contributed by atoms with Crippen molar-refractivity contribution in [3.8, 4) is 0 Å². The van der Waals surface area contributed by atoms with Crippen LogP contribution in [0.25, 0.3) is 0 Å². The fourth-order valence-electron chi connectivity index (χ4n) is 1.61. The molecule has 0 atom stereocenters. The van der Waals surface area contributed by atoms with Gasteiger partial charge in [-0.15, -0.1) is 0 Å². The highest BCUT2D eigenvalue weighted by molar-refractivity contribution is 5.40. The van der Waals surface area contributed by atoms with E-state index in [0.29, 0.717) is 11.8 Å². The van der Waals surface area contributed by atoms with Crippen LogP contribution in [0.1, 0.15) is 44.9 Å². The molecule has 3 heteroatoms. The van der Waals surface area contributed by atoms with Crippen molar-refractivity contribution in [2.75, 3.05) is 18.9 Å². The fourth-order valence-corrected chi connectivity index (χ4v) is 1.61. The van der Waals surface area contributed by atoms with Gasteiger partial charge in [0.1, 0.15) is 5.82 Å². The highest BCUT2D eigenvalue weighted by atomic mass is 15.0. The van der Waals surface area contributed by atoms with Crippen LogP contribution in [0.5, 0.6) is 0 Å². The molecule has 1 rings (SSSR count). The Labute approximate surface area is 105 Å². The van der Waals surface area contributed by atoms with Crippen LogP contribution in [0.15, 0.2) is 12.1 Å². The molecule has 0 saturated heterocycles. The van der Waals surface area contributed by atoms with Gasteiger partial charge in [0, 0.05) is 18.8 Å². The van der Waals surface area contributed by atoms with Crippen molar-refractivity contribution in [1.29, 1.82) is 0 Å². The maximum atomic E-state index is 4.65. The van der Waals surface area contributed by atoms with E-state index in [1.165, 1.54) is 5.56 Å². The molecule has 2 N–H and O–H groups in total. The third kappa shape index (κ3) is 4.73. The molecule has 1 aromatic heterocycles. The average Bonchev–Trinajstić information content (AvgIpc) is 2.26. The SMILES string of the molecule is CNCc1cc(NCC(C)C)nc(C(C)C)c1. The first-order valence-corrected chi connectivity index (χ1v) is 6.42. The highest BCUT2D eigenvalue weighted by Crippen LogP contribution is 2.17. The highest BCUT2D eigenvalue weighted by Gasteiger charge is 2.06. The fraction of sp³-hybridized carbons (Fsp3) is 0.643. The molecule has 0 fully saturated rings. The van der Waals surface area contributed by atoms with Gasteiger partial charge < -0.3 is 10.6 Å². The lowest BCUT2D eigenvalue weighted by molar-refractivity contribution is 0.685. The summed E-state index contributed by atoms with van der Waals surface area (Å²) in [6.07, 6.45) is 0. The van der Waals surface area contributed by atoms with Gasteiger partial charge in [-0.2, -0.15) is 0 Å². The van der Waals surface area contributed by atoms with Crippen LogP contribution in [0.2, 0.25) is 0 Å². The molecule has 17 heavy (non-hydrogen) atoms. The largest absolute Gasteiger partial charge is 0.370 e. The summed E-state index contributed by atoms with van der Waals surface area (Å²) < 4.78 is 0. The average molecular weight is 235 g/mol. The maximum absolute atomic E-state index is 4.65. The molecule has 0 aromatic carbocycles. The number of pyridine rings is 1. The van der Waals surface area contributed by atoms with Crippen molar-refractivity contribution in [1.82, 2.24) is 10.3 Å². The number of rotatable bonds is 6. The molecule has 1 aromatic rings. The minimum Gasteiger partial charge on any atom is -0.370 e. The second kappa shape index (κ2) is 6.60. The molecule has 1 heterocycles. The Morgan fingerprint density at radius 3 is 2.41 bits per heavy atom. The van der Waals surface area contributed by atoms with Crippen LogP contribution in [0, 0.1) is 5.92 Å². The van der Waals surface area contributed by atoms with E-state index in [1.54, 1.807) is 0 Å². The first-order valence-electron chi connectivity index (χ1n) is 6.42. The minimum atomic E-state index is 0.464. The van der Waals surface area contributed by atoms with Crippen LogP contribution in [-0.4, -0.2) is 18.6 Å². The van der Waals surface area contributed by atoms with Crippen molar-refractivity contribution in [2.45, 2.75) is 40.2 Å². The van der Waals surface area contributed by atoms with Gasteiger partial charge in [-0.05, 0) is 36.6 Å². The zero-order valence-corrected chi connectivity index (χ0v) is 11.7. The predicted octanol–water partition coefficient (Wildman–Crippen LogP) is 2.99. The minimum absolute atomic E-state index is 0.464. The summed E-state index contributed by atoms with van der Waals surface area (Å²) in [7, 11) is 1.97. The monoisotopic (exact) mass is 235 g/mol. The number of anilines is 1. The quantitative estimate of drug-likeness (QED) is 0.796. The smallest absolute Gasteiger partial charge is 0.126 e. The Bertz CT molecular complexity index is 345. The normalized spacial score (nSPS) is 11.2. The second-order valence-electron chi connectivity index (χ2n) is 5.25. The van der Waals surface area contributed by atoms with Gasteiger partial charge in [0.25, 0.3) is 0 Å². The van der Waals surface area contributed by atoms with E-state index >= 15 is 0 Å². The molecular weight excluding hydrogens is 210 g/mol. The first kappa shape index (κ1) is 14.0. The molecule has 0 aliphatic carbocycles. The van der Waals surface area contributed by atoms with Crippen molar-refractivity contribution < 1.29 is 0 Å². The second-order valence-corrected chi connectivity index (χ2v) is 5.25. The van der Waals surface area contributed by atoms with E-state index in [-0.39, 0.29) is 0 Å². The molecule has 0 radical (unpaired) electrons. The van der Waals surface area contributed by atoms with Gasteiger partial charge in [-0.3, -0.25) is 0 Å². The van der Waals surface area contributed by atoms with Crippen molar-refractivity contribution >= 4 is 5.82 Å². The van der Waals surface area contributed by atoms with Gasteiger partial charge in [0.05, 0.1) is 0 Å². The van der Waals surface area contributed by atoms with Gasteiger partial charge in [-0.25, -0.2) is 4.98 Å². The molecule has 0 saturated carbocycles. The zero-order valence-electron chi connectivity index (χ0n) is 11.7. The molecule has 0 unspecified atom stereocenters.